The van der Waals surface area contributed by atoms with Crippen LogP contribution >= 0.6 is 0 Å². The Hall–Kier alpha value is -2.56. The van der Waals surface area contributed by atoms with Crippen LogP contribution in [0.5, 0.6) is 28.7 Å². The van der Waals surface area contributed by atoms with Crippen LogP contribution < -0.4 is 14.2 Å². The largest absolute Gasteiger partial charge is 0.508 e. The number of benzene rings is 2. The molecule has 0 saturated carbocycles. The molecule has 0 atom stereocenters. The lowest BCUT2D eigenvalue weighted by atomic mass is 10.0. The zero-order chi connectivity index (χ0) is 14.8. The third-order valence-electron chi connectivity index (χ3n) is 3.46. The lowest BCUT2D eigenvalue weighted by Gasteiger charge is -2.09. The van der Waals surface area contributed by atoms with Crippen molar-refractivity contribution in [3.63, 3.8) is 0 Å². The molecule has 0 radical (unpaired) electrons. The van der Waals surface area contributed by atoms with Gasteiger partial charge in [0, 0.05) is 0 Å². The van der Waals surface area contributed by atoms with Crippen molar-refractivity contribution in [2.75, 3.05) is 13.9 Å². The molecule has 2 aromatic carbocycles. The van der Waals surface area contributed by atoms with Crippen LogP contribution in [0.3, 0.4) is 0 Å². The van der Waals surface area contributed by atoms with E-state index < -0.39 is 0 Å². The molecule has 0 amide bonds. The molecule has 0 fully saturated rings. The molecule has 1 aliphatic rings. The summed E-state index contributed by atoms with van der Waals surface area (Å²) in [5.41, 5.74) is 1.71. The van der Waals surface area contributed by atoms with Crippen molar-refractivity contribution in [1.82, 2.24) is 0 Å². The van der Waals surface area contributed by atoms with Gasteiger partial charge < -0.3 is 24.4 Å². The number of phenols is 2. The molecule has 1 aliphatic heterocycles. The molecular weight excluding hydrogens is 272 g/mol. The third-order valence-corrected chi connectivity index (χ3v) is 3.46. The van der Waals surface area contributed by atoms with Gasteiger partial charge in [-0.2, -0.15) is 0 Å². The summed E-state index contributed by atoms with van der Waals surface area (Å²) < 4.78 is 16.0. The standard InChI is InChI=1S/C16H16O5/c1-19-14-6-10(7-15-16(14)21-9-20-15)2-3-11-8-12(17)4-5-13(11)18/h4-8,17-18H,2-3,9H2,1H3. The Labute approximate surface area is 122 Å². The molecule has 110 valence electrons. The Bertz CT molecular complexity index is 666. The van der Waals surface area contributed by atoms with Gasteiger partial charge in [-0.15, -0.1) is 0 Å². The van der Waals surface area contributed by atoms with E-state index in [0.29, 0.717) is 35.7 Å². The molecular formula is C16H16O5. The van der Waals surface area contributed by atoms with Gasteiger partial charge in [0.1, 0.15) is 11.5 Å². The minimum absolute atomic E-state index is 0.145. The molecule has 21 heavy (non-hydrogen) atoms. The van der Waals surface area contributed by atoms with Crippen molar-refractivity contribution in [2.24, 2.45) is 0 Å². The van der Waals surface area contributed by atoms with Crippen molar-refractivity contribution in [1.29, 1.82) is 0 Å². The molecule has 2 aromatic rings. The van der Waals surface area contributed by atoms with Crippen molar-refractivity contribution in [3.05, 3.63) is 41.5 Å². The first-order chi connectivity index (χ1) is 10.2. The normalized spacial score (nSPS) is 12.4. The molecule has 0 spiro atoms. The highest BCUT2D eigenvalue weighted by Gasteiger charge is 2.20. The minimum Gasteiger partial charge on any atom is -0.508 e. The maximum absolute atomic E-state index is 9.79. The highest BCUT2D eigenvalue weighted by atomic mass is 16.7. The molecule has 3 rings (SSSR count). The van der Waals surface area contributed by atoms with E-state index >= 15 is 0 Å². The van der Waals surface area contributed by atoms with Crippen LogP contribution in [-0.2, 0) is 12.8 Å². The van der Waals surface area contributed by atoms with Gasteiger partial charge in [0.15, 0.2) is 11.5 Å². The number of hydrogen-bond donors (Lipinski definition) is 2. The summed E-state index contributed by atoms with van der Waals surface area (Å²) in [7, 11) is 1.59. The second-order valence-electron chi connectivity index (χ2n) is 4.84. The van der Waals surface area contributed by atoms with Gasteiger partial charge >= 0.3 is 0 Å². The van der Waals surface area contributed by atoms with E-state index in [0.717, 1.165) is 5.56 Å². The van der Waals surface area contributed by atoms with E-state index in [9.17, 15) is 10.2 Å². The Morgan fingerprint density at radius 2 is 1.95 bits per heavy atom. The first-order valence-corrected chi connectivity index (χ1v) is 6.65. The first kappa shape index (κ1) is 13.4. The zero-order valence-corrected chi connectivity index (χ0v) is 11.6. The maximum atomic E-state index is 9.79. The van der Waals surface area contributed by atoms with Crippen molar-refractivity contribution in [2.45, 2.75) is 12.8 Å². The molecule has 0 aromatic heterocycles. The summed E-state index contributed by atoms with van der Waals surface area (Å²) in [5, 5.41) is 19.3. The quantitative estimate of drug-likeness (QED) is 0.846. The molecule has 0 saturated heterocycles. The average molecular weight is 288 g/mol. The van der Waals surface area contributed by atoms with Crippen LogP contribution in [0.1, 0.15) is 11.1 Å². The Morgan fingerprint density at radius 3 is 2.76 bits per heavy atom. The number of aromatic hydroxyl groups is 2. The third kappa shape index (κ3) is 2.67. The number of aryl methyl sites for hydroxylation is 2. The molecule has 5 heteroatoms. The fourth-order valence-corrected chi connectivity index (χ4v) is 2.38. The number of rotatable bonds is 4. The first-order valence-electron chi connectivity index (χ1n) is 6.65. The summed E-state index contributed by atoms with van der Waals surface area (Å²) in [4.78, 5) is 0. The summed E-state index contributed by atoms with van der Waals surface area (Å²) in [6, 6.07) is 8.32. The van der Waals surface area contributed by atoms with E-state index in [1.165, 1.54) is 12.1 Å². The second kappa shape index (κ2) is 5.44. The van der Waals surface area contributed by atoms with E-state index in [2.05, 4.69) is 0 Å². The van der Waals surface area contributed by atoms with Gasteiger partial charge in [0.2, 0.25) is 12.5 Å². The molecule has 0 unspecified atom stereocenters. The smallest absolute Gasteiger partial charge is 0.231 e. The van der Waals surface area contributed by atoms with Gasteiger partial charge in [-0.1, -0.05) is 0 Å². The van der Waals surface area contributed by atoms with Gasteiger partial charge in [-0.05, 0) is 54.3 Å². The predicted octanol–water partition coefficient (Wildman–Crippen LogP) is 2.62. The highest BCUT2D eigenvalue weighted by Crippen LogP contribution is 2.42. The van der Waals surface area contributed by atoms with Crippen molar-refractivity contribution >= 4 is 0 Å². The van der Waals surface area contributed by atoms with Gasteiger partial charge in [-0.25, -0.2) is 0 Å². The van der Waals surface area contributed by atoms with Crippen LogP contribution in [0, 0.1) is 0 Å². The van der Waals surface area contributed by atoms with Crippen LogP contribution in [0.25, 0.3) is 0 Å². The molecule has 0 bridgehead atoms. The van der Waals surface area contributed by atoms with Crippen LogP contribution in [0.2, 0.25) is 0 Å². The zero-order valence-electron chi connectivity index (χ0n) is 11.6. The topological polar surface area (TPSA) is 68.2 Å². The molecule has 5 nitrogen and oxygen atoms in total. The van der Waals surface area contributed by atoms with E-state index in [4.69, 9.17) is 14.2 Å². The Morgan fingerprint density at radius 1 is 1.10 bits per heavy atom. The minimum atomic E-state index is 0.145. The number of hydrogen-bond acceptors (Lipinski definition) is 5. The molecule has 2 N–H and O–H groups in total. The Balaban J connectivity index is 1.81. The number of methoxy groups -OCH3 is 1. The monoisotopic (exact) mass is 288 g/mol. The van der Waals surface area contributed by atoms with Crippen molar-refractivity contribution in [3.8, 4) is 28.7 Å². The number of ether oxygens (including phenoxy) is 3. The maximum Gasteiger partial charge on any atom is 0.231 e. The van der Waals surface area contributed by atoms with E-state index in [1.54, 1.807) is 13.2 Å². The number of phenolic OH excluding ortho intramolecular Hbond substituents is 2. The van der Waals surface area contributed by atoms with Gasteiger partial charge in [-0.3, -0.25) is 0 Å². The predicted molar refractivity (Wildman–Crippen MR) is 76.3 cm³/mol. The molecule has 1 heterocycles. The second-order valence-corrected chi connectivity index (χ2v) is 4.84. The SMILES string of the molecule is COc1cc(CCc2cc(O)ccc2O)cc2c1OCO2. The summed E-state index contributed by atoms with van der Waals surface area (Å²) in [6.45, 7) is 0.197. The van der Waals surface area contributed by atoms with Gasteiger partial charge in [0.05, 0.1) is 7.11 Å². The highest BCUT2D eigenvalue weighted by molar-refractivity contribution is 5.55. The lowest BCUT2D eigenvalue weighted by molar-refractivity contribution is 0.171. The van der Waals surface area contributed by atoms with E-state index in [-0.39, 0.29) is 18.3 Å². The van der Waals surface area contributed by atoms with E-state index in [1.807, 2.05) is 12.1 Å². The van der Waals surface area contributed by atoms with Crippen LogP contribution in [0.4, 0.5) is 0 Å². The lowest BCUT2D eigenvalue weighted by Crippen LogP contribution is -1.94. The summed E-state index contributed by atoms with van der Waals surface area (Å²) in [6.07, 6.45) is 1.28. The van der Waals surface area contributed by atoms with Gasteiger partial charge in [0.25, 0.3) is 0 Å². The molecule has 0 aliphatic carbocycles. The van der Waals surface area contributed by atoms with Crippen LogP contribution in [-0.4, -0.2) is 24.1 Å². The van der Waals surface area contributed by atoms with Crippen molar-refractivity contribution < 1.29 is 24.4 Å². The number of fused-ring (bicyclic) bond motifs is 1. The fourth-order valence-electron chi connectivity index (χ4n) is 2.38. The van der Waals surface area contributed by atoms with Crippen LogP contribution in [0.15, 0.2) is 30.3 Å². The summed E-state index contributed by atoms with van der Waals surface area (Å²) >= 11 is 0. The fraction of sp³-hybridized carbons (Fsp3) is 0.250. The Kier molecular flexibility index (Phi) is 3.48. The average Bonchev–Trinajstić information content (AvgIpc) is 2.95. The summed E-state index contributed by atoms with van der Waals surface area (Å²) in [5.74, 6) is 2.26.